The molecular formula is C21H28ClFN2O4S. The first-order valence-corrected chi connectivity index (χ1v) is 12.2. The van der Waals surface area contributed by atoms with Gasteiger partial charge in [0.2, 0.25) is 10.0 Å². The van der Waals surface area contributed by atoms with Gasteiger partial charge >= 0.3 is 0 Å². The van der Waals surface area contributed by atoms with E-state index in [4.69, 9.17) is 16.3 Å². The second kappa shape index (κ2) is 7.43. The molecule has 9 heteroatoms. The second-order valence-electron chi connectivity index (χ2n) is 9.60. The van der Waals surface area contributed by atoms with Crippen molar-refractivity contribution in [3.05, 3.63) is 28.5 Å². The third kappa shape index (κ3) is 3.45. The van der Waals surface area contributed by atoms with E-state index in [2.05, 4.69) is 26.1 Å². The van der Waals surface area contributed by atoms with Gasteiger partial charge < -0.3 is 10.1 Å². The number of amides is 1. The van der Waals surface area contributed by atoms with Crippen molar-refractivity contribution in [3.8, 4) is 0 Å². The summed E-state index contributed by atoms with van der Waals surface area (Å²) in [6.07, 6.45) is 3.24. The molecule has 6 nitrogen and oxygen atoms in total. The molecule has 1 heterocycles. The van der Waals surface area contributed by atoms with Gasteiger partial charge in [-0.1, -0.05) is 32.4 Å². The summed E-state index contributed by atoms with van der Waals surface area (Å²) in [4.78, 5) is 12.6. The SMILES string of the molecule is CC1(C)C(NC(=O)c2cc(S(=O)(=O)N3CCOCC3)c(F)cc2Cl)[C@@]2(C)CC[C@H]1C2. The molecular weight excluding hydrogens is 431 g/mol. The monoisotopic (exact) mass is 458 g/mol. The smallest absolute Gasteiger partial charge is 0.253 e. The van der Waals surface area contributed by atoms with Crippen molar-refractivity contribution in [3.63, 3.8) is 0 Å². The van der Waals surface area contributed by atoms with Crippen molar-refractivity contribution < 1.29 is 22.3 Å². The molecule has 166 valence electrons. The highest BCUT2D eigenvalue weighted by molar-refractivity contribution is 7.89. The quantitative estimate of drug-likeness (QED) is 0.749. The fraction of sp³-hybridized carbons (Fsp3) is 0.667. The summed E-state index contributed by atoms with van der Waals surface area (Å²) in [7, 11) is -4.10. The second-order valence-corrected chi connectivity index (χ2v) is 11.9. The van der Waals surface area contributed by atoms with Crippen LogP contribution in [0, 0.1) is 22.6 Å². The lowest BCUT2D eigenvalue weighted by Gasteiger charge is -2.43. The van der Waals surface area contributed by atoms with E-state index in [0.717, 1.165) is 31.4 Å². The van der Waals surface area contributed by atoms with Crippen molar-refractivity contribution in [1.82, 2.24) is 9.62 Å². The van der Waals surface area contributed by atoms with E-state index in [-0.39, 0.29) is 53.8 Å². The van der Waals surface area contributed by atoms with Gasteiger partial charge in [-0.25, -0.2) is 12.8 Å². The molecule has 0 aromatic heterocycles. The Morgan fingerprint density at radius 3 is 2.53 bits per heavy atom. The van der Waals surface area contributed by atoms with Gasteiger partial charge in [0.15, 0.2) is 0 Å². The van der Waals surface area contributed by atoms with Crippen LogP contribution >= 0.6 is 11.6 Å². The Morgan fingerprint density at radius 1 is 1.27 bits per heavy atom. The molecule has 3 fully saturated rings. The fourth-order valence-corrected chi connectivity index (χ4v) is 7.41. The number of rotatable bonds is 4. The standard InChI is InChI=1S/C21H28ClFN2O4S/c1-20(2)13-4-5-21(3,12-13)19(20)24-18(26)14-10-17(16(23)11-15(14)22)30(27,28)25-6-8-29-9-7-25/h10-11,13,19H,4-9,12H2,1-3H3,(H,24,26)/t13-,19?,21-/m0/s1. The van der Waals surface area contributed by atoms with E-state index in [0.29, 0.717) is 5.92 Å². The first kappa shape index (κ1) is 22.0. The third-order valence-corrected chi connectivity index (χ3v) is 9.63. The molecule has 3 atom stereocenters. The Hall–Kier alpha value is -1.22. The molecule has 1 unspecified atom stereocenters. The van der Waals surface area contributed by atoms with E-state index in [9.17, 15) is 17.6 Å². The predicted molar refractivity (Wildman–Crippen MR) is 111 cm³/mol. The van der Waals surface area contributed by atoms with E-state index in [1.807, 2.05) is 0 Å². The average molecular weight is 459 g/mol. The van der Waals surface area contributed by atoms with Gasteiger partial charge in [-0.2, -0.15) is 4.31 Å². The minimum atomic E-state index is -4.10. The summed E-state index contributed by atoms with van der Waals surface area (Å²) in [5.74, 6) is -0.894. The Morgan fingerprint density at radius 2 is 1.93 bits per heavy atom. The molecule has 1 N–H and O–H groups in total. The number of nitrogens with one attached hydrogen (secondary N) is 1. The van der Waals surface area contributed by atoms with Crippen molar-refractivity contribution >= 4 is 27.5 Å². The molecule has 1 aromatic rings. The predicted octanol–water partition coefficient (Wildman–Crippen LogP) is 3.44. The summed E-state index contributed by atoms with van der Waals surface area (Å²) < 4.78 is 46.9. The first-order chi connectivity index (χ1) is 14.0. The lowest BCUT2D eigenvalue weighted by Crippen LogP contribution is -2.52. The maximum atomic E-state index is 14.6. The highest BCUT2D eigenvalue weighted by Crippen LogP contribution is 2.62. The molecule has 30 heavy (non-hydrogen) atoms. The molecule has 2 aliphatic carbocycles. The topological polar surface area (TPSA) is 75.7 Å². The van der Waals surface area contributed by atoms with Crippen LogP contribution in [0.25, 0.3) is 0 Å². The molecule has 1 saturated heterocycles. The highest BCUT2D eigenvalue weighted by Gasteiger charge is 2.59. The van der Waals surface area contributed by atoms with Crippen LogP contribution in [0.4, 0.5) is 4.39 Å². The number of halogens is 2. The van der Waals surface area contributed by atoms with Crippen LogP contribution in [0.1, 0.15) is 50.4 Å². The Bertz CT molecular complexity index is 973. The number of ether oxygens (including phenoxy) is 1. The number of carbonyl (C=O) groups is 1. The number of morpholine rings is 1. The minimum absolute atomic E-state index is 0.000952. The van der Waals surface area contributed by atoms with Crippen LogP contribution in [0.2, 0.25) is 5.02 Å². The number of nitrogens with zero attached hydrogens (tertiary/aromatic N) is 1. The van der Waals surface area contributed by atoms with Crippen LogP contribution < -0.4 is 5.32 Å². The number of benzene rings is 1. The third-order valence-electron chi connectivity index (χ3n) is 7.40. The lowest BCUT2D eigenvalue weighted by molar-refractivity contribution is 0.0727. The molecule has 4 rings (SSSR count). The fourth-order valence-electron chi connectivity index (χ4n) is 5.70. The van der Waals surface area contributed by atoms with Gasteiger partial charge in [-0.3, -0.25) is 4.79 Å². The van der Waals surface area contributed by atoms with E-state index < -0.39 is 26.6 Å². The van der Waals surface area contributed by atoms with Gasteiger partial charge in [0, 0.05) is 19.1 Å². The van der Waals surface area contributed by atoms with Crippen LogP contribution in [0.3, 0.4) is 0 Å². The van der Waals surface area contributed by atoms with Crippen LogP contribution in [0.5, 0.6) is 0 Å². The van der Waals surface area contributed by atoms with Crippen molar-refractivity contribution in [2.45, 2.75) is 51.0 Å². The van der Waals surface area contributed by atoms with Gasteiger partial charge in [-0.15, -0.1) is 0 Å². The molecule has 0 spiro atoms. The van der Waals surface area contributed by atoms with Crippen LogP contribution in [0.15, 0.2) is 17.0 Å². The number of sulfonamides is 1. The molecule has 2 bridgehead atoms. The molecule has 0 radical (unpaired) electrons. The maximum Gasteiger partial charge on any atom is 0.253 e. The first-order valence-electron chi connectivity index (χ1n) is 10.3. The van der Waals surface area contributed by atoms with Gasteiger partial charge in [-0.05, 0) is 48.1 Å². The van der Waals surface area contributed by atoms with E-state index in [1.54, 1.807) is 0 Å². The number of carbonyl (C=O) groups excluding carboxylic acids is 1. The largest absolute Gasteiger partial charge is 0.379 e. The zero-order chi connectivity index (χ0) is 21.9. The average Bonchev–Trinajstić information content (AvgIpc) is 3.16. The lowest BCUT2D eigenvalue weighted by atomic mass is 9.68. The summed E-state index contributed by atoms with van der Waals surface area (Å²) in [6.45, 7) is 7.29. The highest BCUT2D eigenvalue weighted by atomic mass is 35.5. The Balaban J connectivity index is 1.65. The molecule has 2 saturated carbocycles. The van der Waals surface area contributed by atoms with Crippen molar-refractivity contribution in [2.75, 3.05) is 26.3 Å². The molecule has 3 aliphatic rings. The van der Waals surface area contributed by atoms with Gasteiger partial charge in [0.1, 0.15) is 10.7 Å². The molecule has 1 aliphatic heterocycles. The zero-order valence-corrected chi connectivity index (χ0v) is 19.1. The van der Waals surface area contributed by atoms with Crippen molar-refractivity contribution in [1.29, 1.82) is 0 Å². The van der Waals surface area contributed by atoms with E-state index >= 15 is 0 Å². The van der Waals surface area contributed by atoms with E-state index in [1.165, 1.54) is 4.31 Å². The maximum absolute atomic E-state index is 14.6. The normalized spacial score (nSPS) is 31.1. The summed E-state index contributed by atoms with van der Waals surface area (Å²) >= 11 is 6.17. The number of hydrogen-bond donors (Lipinski definition) is 1. The zero-order valence-electron chi connectivity index (χ0n) is 17.5. The van der Waals surface area contributed by atoms with Crippen LogP contribution in [-0.2, 0) is 14.8 Å². The Labute approximate surface area is 182 Å². The van der Waals surface area contributed by atoms with Gasteiger partial charge in [0.25, 0.3) is 5.91 Å². The van der Waals surface area contributed by atoms with Crippen molar-refractivity contribution in [2.24, 2.45) is 16.7 Å². The number of fused-ring (bicyclic) bond motifs is 2. The summed E-state index contributed by atoms with van der Waals surface area (Å²) in [5.41, 5.74) is -0.0937. The Kier molecular flexibility index (Phi) is 5.45. The van der Waals surface area contributed by atoms with Crippen LogP contribution in [-0.4, -0.2) is 51.0 Å². The summed E-state index contributed by atoms with van der Waals surface area (Å²) in [5, 5.41) is 3.00. The molecule has 1 amide bonds. The van der Waals surface area contributed by atoms with Gasteiger partial charge in [0.05, 0.1) is 23.8 Å². The molecule has 1 aromatic carbocycles. The minimum Gasteiger partial charge on any atom is -0.379 e. The summed E-state index contributed by atoms with van der Waals surface area (Å²) in [6, 6.07) is 1.93. The number of hydrogen-bond acceptors (Lipinski definition) is 4.